The molecule has 1 amide bonds. The molecule has 0 aliphatic carbocycles. The van der Waals surface area contributed by atoms with Gasteiger partial charge in [0.25, 0.3) is 5.56 Å². The maximum absolute atomic E-state index is 13.0. The molecule has 0 spiro atoms. The van der Waals surface area contributed by atoms with Gasteiger partial charge in [0.2, 0.25) is 15.9 Å². The van der Waals surface area contributed by atoms with Crippen molar-refractivity contribution in [3.63, 3.8) is 0 Å². The third-order valence-electron chi connectivity index (χ3n) is 4.22. The van der Waals surface area contributed by atoms with Crippen LogP contribution in [0.5, 0.6) is 0 Å². The second-order valence-corrected chi connectivity index (χ2v) is 8.79. The number of aromatic amines is 1. The van der Waals surface area contributed by atoms with Gasteiger partial charge in [-0.2, -0.15) is 9.57 Å². The van der Waals surface area contributed by atoms with Crippen molar-refractivity contribution >= 4 is 44.1 Å². The zero-order valence-corrected chi connectivity index (χ0v) is 17.0. The number of nitrogens with zero attached hydrogens (tertiary/aromatic N) is 3. The summed E-state index contributed by atoms with van der Waals surface area (Å²) < 4.78 is 28.2. The molecular weight excluding hydrogens is 418 g/mol. The number of hydrogen-bond acceptors (Lipinski definition) is 5. The molecule has 0 saturated heterocycles. The summed E-state index contributed by atoms with van der Waals surface area (Å²) in [6.07, 6.45) is 1.49. The highest BCUT2D eigenvalue weighted by Gasteiger charge is 2.26. The number of pyridine rings is 1. The number of likely N-dealkylation sites (N-methyl/N-ethyl adjacent to an activating group) is 1. The fourth-order valence-corrected chi connectivity index (χ4v) is 4.34. The maximum atomic E-state index is 13.0. The Hall–Kier alpha value is -3.13. The standard InChI is InChI=1S/C18H16ClN5O4S/c1-23-4-3-13(8-17(23)26)21-16(25)10-24(2)29(27,28)15-7-12(19)5-11-6-14(9-20)22-18(11)15/h3-8,22H,10H2,1-2H3,(H,21,25). The molecule has 3 aromatic rings. The predicted molar refractivity (Wildman–Crippen MR) is 108 cm³/mol. The van der Waals surface area contributed by atoms with Crippen molar-refractivity contribution in [2.45, 2.75) is 4.90 Å². The van der Waals surface area contributed by atoms with E-state index in [4.69, 9.17) is 16.9 Å². The Bertz CT molecular complexity index is 1320. The lowest BCUT2D eigenvalue weighted by atomic mass is 10.2. The van der Waals surface area contributed by atoms with Gasteiger partial charge in [-0.25, -0.2) is 8.42 Å². The number of aromatic nitrogens is 2. The van der Waals surface area contributed by atoms with E-state index in [1.807, 2.05) is 6.07 Å². The SMILES string of the molecule is CN(CC(=O)Nc1ccn(C)c(=O)c1)S(=O)(=O)c1cc(Cl)cc2cc(C#N)[nH]c12. The van der Waals surface area contributed by atoms with Crippen molar-refractivity contribution in [2.75, 3.05) is 18.9 Å². The highest BCUT2D eigenvalue weighted by Crippen LogP contribution is 2.29. The Balaban J connectivity index is 1.87. The maximum Gasteiger partial charge on any atom is 0.252 e. The van der Waals surface area contributed by atoms with Crippen LogP contribution in [0.2, 0.25) is 5.02 Å². The smallest absolute Gasteiger partial charge is 0.252 e. The van der Waals surface area contributed by atoms with Gasteiger partial charge >= 0.3 is 0 Å². The van der Waals surface area contributed by atoms with Crippen molar-refractivity contribution in [3.8, 4) is 6.07 Å². The van der Waals surface area contributed by atoms with Crippen LogP contribution in [-0.4, -0.2) is 41.8 Å². The predicted octanol–water partition coefficient (Wildman–Crippen LogP) is 1.65. The lowest BCUT2D eigenvalue weighted by molar-refractivity contribution is -0.116. The first-order valence-corrected chi connectivity index (χ1v) is 10.1. The fourth-order valence-electron chi connectivity index (χ4n) is 2.72. The van der Waals surface area contributed by atoms with E-state index in [1.54, 1.807) is 7.05 Å². The topological polar surface area (TPSA) is 128 Å². The minimum Gasteiger partial charge on any atom is -0.345 e. The van der Waals surface area contributed by atoms with Gasteiger partial charge in [0.1, 0.15) is 16.7 Å². The number of rotatable bonds is 5. The summed E-state index contributed by atoms with van der Waals surface area (Å²) in [7, 11) is -1.29. The van der Waals surface area contributed by atoms with Crippen LogP contribution in [0.1, 0.15) is 5.69 Å². The first kappa shape index (κ1) is 20.6. The number of carbonyl (C=O) groups is 1. The van der Waals surface area contributed by atoms with Crippen LogP contribution in [0.15, 0.2) is 46.2 Å². The van der Waals surface area contributed by atoms with Crippen LogP contribution in [-0.2, 0) is 21.9 Å². The Labute approximate surface area is 171 Å². The van der Waals surface area contributed by atoms with E-state index in [0.717, 1.165) is 4.31 Å². The number of sulfonamides is 1. The molecule has 0 saturated carbocycles. The Morgan fingerprint density at radius 2 is 2.07 bits per heavy atom. The number of nitriles is 1. The Morgan fingerprint density at radius 3 is 2.72 bits per heavy atom. The van der Waals surface area contributed by atoms with Gasteiger partial charge in [0.15, 0.2) is 0 Å². The Kier molecular flexibility index (Phi) is 5.48. The molecule has 0 atom stereocenters. The normalized spacial score (nSPS) is 11.6. The van der Waals surface area contributed by atoms with Gasteiger partial charge in [0, 0.05) is 42.5 Å². The van der Waals surface area contributed by atoms with Crippen molar-refractivity contribution in [1.29, 1.82) is 5.26 Å². The van der Waals surface area contributed by atoms with Gasteiger partial charge < -0.3 is 14.9 Å². The summed E-state index contributed by atoms with van der Waals surface area (Å²) in [5, 5.41) is 12.2. The average molecular weight is 434 g/mol. The van der Waals surface area contributed by atoms with E-state index in [-0.39, 0.29) is 32.4 Å². The Morgan fingerprint density at radius 1 is 1.34 bits per heavy atom. The summed E-state index contributed by atoms with van der Waals surface area (Å²) >= 11 is 6.04. The lowest BCUT2D eigenvalue weighted by Crippen LogP contribution is -2.35. The van der Waals surface area contributed by atoms with Crippen LogP contribution in [0, 0.1) is 11.3 Å². The molecule has 0 unspecified atom stereocenters. The molecular formula is C18H16ClN5O4S. The summed E-state index contributed by atoms with van der Waals surface area (Å²) in [4.78, 5) is 26.5. The van der Waals surface area contributed by atoms with Crippen molar-refractivity contribution in [1.82, 2.24) is 13.9 Å². The number of fused-ring (bicyclic) bond motifs is 1. The number of nitrogens with one attached hydrogen (secondary N) is 2. The molecule has 11 heteroatoms. The molecule has 2 N–H and O–H groups in total. The van der Waals surface area contributed by atoms with E-state index in [2.05, 4.69) is 10.3 Å². The molecule has 0 fully saturated rings. The zero-order chi connectivity index (χ0) is 21.3. The summed E-state index contributed by atoms with van der Waals surface area (Å²) in [5.41, 5.74) is 0.358. The second-order valence-electron chi connectivity index (χ2n) is 6.34. The van der Waals surface area contributed by atoms with E-state index >= 15 is 0 Å². The number of benzene rings is 1. The number of H-pyrrole nitrogens is 1. The van der Waals surface area contributed by atoms with Gasteiger partial charge in [-0.1, -0.05) is 11.6 Å². The molecule has 1 aromatic carbocycles. The van der Waals surface area contributed by atoms with Crippen LogP contribution in [0.4, 0.5) is 5.69 Å². The van der Waals surface area contributed by atoms with Gasteiger partial charge in [-0.05, 0) is 24.3 Å². The summed E-state index contributed by atoms with van der Waals surface area (Å²) in [5.74, 6) is -0.619. The van der Waals surface area contributed by atoms with E-state index < -0.39 is 22.5 Å². The highest BCUT2D eigenvalue weighted by molar-refractivity contribution is 7.89. The number of aryl methyl sites for hydroxylation is 1. The van der Waals surface area contributed by atoms with Crippen molar-refractivity contribution < 1.29 is 13.2 Å². The molecule has 2 heterocycles. The summed E-state index contributed by atoms with van der Waals surface area (Å²) in [6, 6.07) is 8.95. The molecule has 3 rings (SSSR count). The third-order valence-corrected chi connectivity index (χ3v) is 6.27. The first-order chi connectivity index (χ1) is 13.6. The third kappa shape index (κ3) is 4.17. The first-order valence-electron chi connectivity index (χ1n) is 8.27. The molecule has 0 bridgehead atoms. The van der Waals surface area contributed by atoms with Gasteiger partial charge in [-0.3, -0.25) is 9.59 Å². The molecule has 29 heavy (non-hydrogen) atoms. The molecule has 150 valence electrons. The molecule has 0 radical (unpaired) electrons. The highest BCUT2D eigenvalue weighted by atomic mass is 35.5. The van der Waals surface area contributed by atoms with Crippen molar-refractivity contribution in [2.24, 2.45) is 7.05 Å². The molecule has 9 nitrogen and oxygen atoms in total. The van der Waals surface area contributed by atoms with Crippen molar-refractivity contribution in [3.05, 3.63) is 57.6 Å². The molecule has 0 aliphatic rings. The minimum absolute atomic E-state index is 0.148. The van der Waals surface area contributed by atoms with Gasteiger partial charge in [-0.15, -0.1) is 0 Å². The van der Waals surface area contributed by atoms with Crippen LogP contribution >= 0.6 is 11.6 Å². The number of carbonyl (C=O) groups excluding carboxylic acids is 1. The van der Waals surface area contributed by atoms with E-state index in [9.17, 15) is 18.0 Å². The fraction of sp³-hybridized carbons (Fsp3) is 0.167. The largest absolute Gasteiger partial charge is 0.345 e. The lowest BCUT2D eigenvalue weighted by Gasteiger charge is -2.17. The molecule has 2 aromatic heterocycles. The van der Waals surface area contributed by atoms with Crippen LogP contribution in [0.3, 0.4) is 0 Å². The van der Waals surface area contributed by atoms with Crippen LogP contribution in [0.25, 0.3) is 10.9 Å². The number of anilines is 1. The van der Waals surface area contributed by atoms with E-state index in [1.165, 1.54) is 48.1 Å². The van der Waals surface area contributed by atoms with E-state index in [0.29, 0.717) is 5.39 Å². The number of halogens is 1. The molecule has 0 aliphatic heterocycles. The number of hydrogen-bond donors (Lipinski definition) is 2. The average Bonchev–Trinajstić information content (AvgIpc) is 3.06. The second kappa shape index (κ2) is 7.71. The quantitative estimate of drug-likeness (QED) is 0.632. The zero-order valence-electron chi connectivity index (χ0n) is 15.4. The summed E-state index contributed by atoms with van der Waals surface area (Å²) in [6.45, 7) is -0.489. The van der Waals surface area contributed by atoms with Crippen LogP contribution < -0.4 is 10.9 Å². The minimum atomic E-state index is -4.10. The monoisotopic (exact) mass is 433 g/mol. The van der Waals surface area contributed by atoms with Gasteiger partial charge in [0.05, 0.1) is 12.1 Å². The number of amides is 1.